The van der Waals surface area contributed by atoms with E-state index in [1.807, 2.05) is 0 Å². The Morgan fingerprint density at radius 1 is 1.41 bits per heavy atom. The van der Waals surface area contributed by atoms with E-state index in [0.717, 1.165) is 38.2 Å². The Kier molecular flexibility index (Phi) is 5.69. The summed E-state index contributed by atoms with van der Waals surface area (Å²) < 4.78 is 0. The number of nitrogens with one attached hydrogen (secondary N) is 1. The van der Waals surface area contributed by atoms with Gasteiger partial charge in [0.05, 0.1) is 6.04 Å². The molecule has 3 nitrogen and oxygen atoms in total. The molecular formula is C14H27N3. The Labute approximate surface area is 106 Å². The van der Waals surface area contributed by atoms with Crippen molar-refractivity contribution in [3.63, 3.8) is 0 Å². The van der Waals surface area contributed by atoms with Crippen LogP contribution in [0.25, 0.3) is 0 Å². The molecule has 0 saturated heterocycles. The fourth-order valence-corrected chi connectivity index (χ4v) is 2.57. The maximum Gasteiger partial charge on any atom is 0.0662 e. The highest BCUT2D eigenvalue weighted by Crippen LogP contribution is 2.19. The topological polar surface area (TPSA) is 30.3 Å². The summed E-state index contributed by atoms with van der Waals surface area (Å²) in [5.74, 6) is 0. The third-order valence-corrected chi connectivity index (χ3v) is 3.63. The largest absolute Gasteiger partial charge is 0.372 e. The lowest BCUT2D eigenvalue weighted by Gasteiger charge is -2.33. The lowest BCUT2D eigenvalue weighted by atomic mass is 9.96. The van der Waals surface area contributed by atoms with Crippen molar-refractivity contribution < 1.29 is 0 Å². The van der Waals surface area contributed by atoms with Crippen molar-refractivity contribution in [1.29, 1.82) is 5.41 Å². The lowest BCUT2D eigenvalue weighted by Crippen LogP contribution is -2.38. The first kappa shape index (κ1) is 14.2. The minimum Gasteiger partial charge on any atom is -0.372 e. The molecule has 0 aliphatic carbocycles. The molecule has 1 atom stereocenters. The van der Waals surface area contributed by atoms with Gasteiger partial charge in [0.25, 0.3) is 0 Å². The van der Waals surface area contributed by atoms with E-state index in [1.165, 1.54) is 12.0 Å². The third-order valence-electron chi connectivity index (χ3n) is 3.63. The van der Waals surface area contributed by atoms with Gasteiger partial charge in [-0.15, -0.1) is 0 Å². The molecule has 1 aliphatic heterocycles. The van der Waals surface area contributed by atoms with Gasteiger partial charge in [0.2, 0.25) is 0 Å². The highest BCUT2D eigenvalue weighted by atomic mass is 15.1. The Bertz CT molecular complexity index is 279. The Hall–Kier alpha value is -0.830. The Morgan fingerprint density at radius 3 is 2.59 bits per heavy atom. The SMILES string of the molecule is CCN(CC)CCCC1C(=N)CC(C)=CN1C. The molecule has 0 aromatic rings. The van der Waals surface area contributed by atoms with Gasteiger partial charge >= 0.3 is 0 Å². The molecule has 1 heterocycles. The maximum atomic E-state index is 8.09. The van der Waals surface area contributed by atoms with Gasteiger partial charge in [-0.1, -0.05) is 19.4 Å². The van der Waals surface area contributed by atoms with E-state index in [4.69, 9.17) is 5.41 Å². The van der Waals surface area contributed by atoms with Gasteiger partial charge in [-0.05, 0) is 45.6 Å². The van der Waals surface area contributed by atoms with Crippen LogP contribution in [0, 0.1) is 5.41 Å². The van der Waals surface area contributed by atoms with Crippen LogP contribution < -0.4 is 0 Å². The van der Waals surface area contributed by atoms with Crippen LogP contribution in [0.15, 0.2) is 11.8 Å². The van der Waals surface area contributed by atoms with E-state index in [9.17, 15) is 0 Å². The average molecular weight is 237 g/mol. The maximum absolute atomic E-state index is 8.09. The standard InChI is InChI=1S/C14H27N3/c1-5-17(6-2)9-7-8-14-13(15)10-12(3)11-16(14)4/h11,14-15H,5-10H2,1-4H3. The molecule has 1 rings (SSSR count). The van der Waals surface area contributed by atoms with Gasteiger partial charge in [0, 0.05) is 19.2 Å². The number of hydrogen-bond donors (Lipinski definition) is 1. The lowest BCUT2D eigenvalue weighted by molar-refractivity contribution is 0.280. The highest BCUT2D eigenvalue weighted by Gasteiger charge is 2.22. The Morgan fingerprint density at radius 2 is 2.06 bits per heavy atom. The summed E-state index contributed by atoms with van der Waals surface area (Å²) in [6.45, 7) is 9.96. The van der Waals surface area contributed by atoms with Crippen molar-refractivity contribution in [2.24, 2.45) is 0 Å². The number of hydrogen-bond acceptors (Lipinski definition) is 3. The molecule has 0 bridgehead atoms. The van der Waals surface area contributed by atoms with Gasteiger partial charge < -0.3 is 15.2 Å². The molecule has 0 aromatic heterocycles. The summed E-state index contributed by atoms with van der Waals surface area (Å²) in [5, 5.41) is 8.09. The van der Waals surface area contributed by atoms with E-state index in [2.05, 4.69) is 43.8 Å². The second-order valence-electron chi connectivity index (χ2n) is 5.03. The summed E-state index contributed by atoms with van der Waals surface area (Å²) in [6.07, 6.45) is 5.35. The van der Waals surface area contributed by atoms with Crippen LogP contribution >= 0.6 is 0 Å². The van der Waals surface area contributed by atoms with Crippen molar-refractivity contribution in [2.75, 3.05) is 26.7 Å². The minimum atomic E-state index is 0.328. The highest BCUT2D eigenvalue weighted by molar-refractivity contribution is 5.89. The normalized spacial score (nSPS) is 21.0. The molecule has 98 valence electrons. The van der Waals surface area contributed by atoms with Crippen molar-refractivity contribution in [2.45, 2.75) is 46.1 Å². The summed E-state index contributed by atoms with van der Waals surface area (Å²) in [7, 11) is 2.10. The van der Waals surface area contributed by atoms with Crippen LogP contribution in [-0.4, -0.2) is 48.2 Å². The fraction of sp³-hybridized carbons (Fsp3) is 0.786. The summed E-state index contributed by atoms with van der Waals surface area (Å²) in [5.41, 5.74) is 2.18. The predicted octanol–water partition coefficient (Wildman–Crippen LogP) is 2.74. The van der Waals surface area contributed by atoms with Crippen molar-refractivity contribution >= 4 is 5.71 Å². The van der Waals surface area contributed by atoms with E-state index < -0.39 is 0 Å². The zero-order valence-corrected chi connectivity index (χ0v) is 11.8. The van der Waals surface area contributed by atoms with Crippen molar-refractivity contribution in [3.05, 3.63) is 11.8 Å². The molecule has 1 unspecified atom stereocenters. The first-order valence-electron chi connectivity index (χ1n) is 6.77. The molecule has 0 fully saturated rings. The zero-order chi connectivity index (χ0) is 12.8. The number of allylic oxidation sites excluding steroid dienone is 1. The van der Waals surface area contributed by atoms with Crippen molar-refractivity contribution in [1.82, 2.24) is 9.80 Å². The second kappa shape index (κ2) is 6.80. The van der Waals surface area contributed by atoms with Gasteiger partial charge in [0.1, 0.15) is 0 Å². The van der Waals surface area contributed by atoms with Crippen LogP contribution in [0.4, 0.5) is 0 Å². The zero-order valence-electron chi connectivity index (χ0n) is 11.8. The van der Waals surface area contributed by atoms with E-state index >= 15 is 0 Å². The molecular weight excluding hydrogens is 210 g/mol. The number of nitrogens with zero attached hydrogens (tertiary/aromatic N) is 2. The van der Waals surface area contributed by atoms with Crippen LogP contribution in [0.3, 0.4) is 0 Å². The first-order chi connectivity index (χ1) is 8.08. The van der Waals surface area contributed by atoms with Crippen LogP contribution in [0.1, 0.15) is 40.0 Å². The molecule has 1 N–H and O–H groups in total. The van der Waals surface area contributed by atoms with E-state index in [-0.39, 0.29) is 0 Å². The molecule has 1 aliphatic rings. The molecule has 0 spiro atoms. The van der Waals surface area contributed by atoms with Crippen molar-refractivity contribution in [3.8, 4) is 0 Å². The predicted molar refractivity (Wildman–Crippen MR) is 74.7 cm³/mol. The number of rotatable bonds is 6. The molecule has 3 heteroatoms. The summed E-state index contributed by atoms with van der Waals surface area (Å²) in [6, 6.07) is 0.328. The molecule has 0 radical (unpaired) electrons. The smallest absolute Gasteiger partial charge is 0.0662 e. The summed E-state index contributed by atoms with van der Waals surface area (Å²) >= 11 is 0. The Balaban J connectivity index is 2.39. The first-order valence-corrected chi connectivity index (χ1v) is 6.77. The average Bonchev–Trinajstić information content (AvgIpc) is 2.27. The van der Waals surface area contributed by atoms with Gasteiger partial charge in [-0.2, -0.15) is 0 Å². The van der Waals surface area contributed by atoms with Crippen LogP contribution in [0.2, 0.25) is 0 Å². The van der Waals surface area contributed by atoms with E-state index in [0.29, 0.717) is 6.04 Å². The summed E-state index contributed by atoms with van der Waals surface area (Å²) in [4.78, 5) is 4.66. The minimum absolute atomic E-state index is 0.328. The van der Waals surface area contributed by atoms with Crippen LogP contribution in [-0.2, 0) is 0 Å². The third kappa shape index (κ3) is 4.15. The monoisotopic (exact) mass is 237 g/mol. The van der Waals surface area contributed by atoms with E-state index in [1.54, 1.807) is 0 Å². The second-order valence-corrected chi connectivity index (χ2v) is 5.03. The molecule has 0 saturated carbocycles. The fourth-order valence-electron chi connectivity index (χ4n) is 2.57. The molecule has 0 aromatic carbocycles. The van der Waals surface area contributed by atoms with Gasteiger partial charge in [-0.25, -0.2) is 0 Å². The van der Waals surface area contributed by atoms with Gasteiger partial charge in [-0.3, -0.25) is 0 Å². The molecule has 17 heavy (non-hydrogen) atoms. The van der Waals surface area contributed by atoms with Crippen LogP contribution in [0.5, 0.6) is 0 Å². The van der Waals surface area contributed by atoms with Gasteiger partial charge in [0.15, 0.2) is 0 Å². The molecule has 0 amide bonds. The quantitative estimate of drug-likeness (QED) is 0.770.